The van der Waals surface area contributed by atoms with E-state index in [1.165, 1.54) is 0 Å². The SMILES string of the molecule is CCn1ccc(C(C)NC(=O)c2noc(C)c2COc2cccc(C)c2)n1. The zero-order chi connectivity index (χ0) is 19.4. The maximum atomic E-state index is 12.7. The van der Waals surface area contributed by atoms with Crippen molar-refractivity contribution in [2.45, 2.75) is 46.9 Å². The van der Waals surface area contributed by atoms with Gasteiger partial charge in [-0.1, -0.05) is 17.3 Å². The highest BCUT2D eigenvalue weighted by molar-refractivity contribution is 5.94. The topological polar surface area (TPSA) is 82.2 Å². The van der Waals surface area contributed by atoms with Crippen LogP contribution in [0.25, 0.3) is 0 Å². The van der Waals surface area contributed by atoms with Crippen LogP contribution in [0.3, 0.4) is 0 Å². The predicted molar refractivity (Wildman–Crippen MR) is 101 cm³/mol. The number of nitrogens with zero attached hydrogens (tertiary/aromatic N) is 3. The van der Waals surface area contributed by atoms with Gasteiger partial charge in [-0.15, -0.1) is 0 Å². The fourth-order valence-electron chi connectivity index (χ4n) is 2.72. The smallest absolute Gasteiger partial charge is 0.274 e. The third kappa shape index (κ3) is 4.36. The number of amides is 1. The lowest BCUT2D eigenvalue weighted by Gasteiger charge is -2.11. The molecule has 3 aromatic rings. The van der Waals surface area contributed by atoms with Crippen LogP contribution >= 0.6 is 0 Å². The fourth-order valence-corrected chi connectivity index (χ4v) is 2.72. The Hall–Kier alpha value is -3.09. The highest BCUT2D eigenvalue weighted by Gasteiger charge is 2.22. The minimum atomic E-state index is -0.312. The highest BCUT2D eigenvalue weighted by atomic mass is 16.5. The predicted octanol–water partition coefficient (Wildman–Crippen LogP) is 3.58. The quantitative estimate of drug-likeness (QED) is 0.689. The molecule has 0 aliphatic carbocycles. The second-order valence-electron chi connectivity index (χ2n) is 6.46. The van der Waals surface area contributed by atoms with Gasteiger partial charge in [0, 0.05) is 12.7 Å². The monoisotopic (exact) mass is 368 g/mol. The molecule has 0 aliphatic rings. The molecule has 1 N–H and O–H groups in total. The van der Waals surface area contributed by atoms with Crippen molar-refractivity contribution in [2.24, 2.45) is 0 Å². The summed E-state index contributed by atoms with van der Waals surface area (Å²) in [7, 11) is 0. The number of aryl methyl sites for hydroxylation is 3. The summed E-state index contributed by atoms with van der Waals surface area (Å²) in [5.41, 5.74) is 2.78. The van der Waals surface area contributed by atoms with Crippen LogP contribution in [-0.2, 0) is 13.2 Å². The number of ether oxygens (including phenoxy) is 1. The van der Waals surface area contributed by atoms with E-state index in [-0.39, 0.29) is 24.2 Å². The molecule has 1 aromatic carbocycles. The van der Waals surface area contributed by atoms with E-state index in [9.17, 15) is 4.79 Å². The number of benzene rings is 1. The Bertz CT molecular complexity index is 929. The first-order valence-electron chi connectivity index (χ1n) is 8.96. The lowest BCUT2D eigenvalue weighted by molar-refractivity contribution is 0.0927. The number of aromatic nitrogens is 3. The first kappa shape index (κ1) is 18.7. The number of carbonyl (C=O) groups excluding carboxylic acids is 1. The first-order valence-corrected chi connectivity index (χ1v) is 8.96. The molecule has 1 atom stereocenters. The molecule has 0 fully saturated rings. The fraction of sp³-hybridized carbons (Fsp3) is 0.350. The normalized spacial score (nSPS) is 12.0. The van der Waals surface area contributed by atoms with Crippen molar-refractivity contribution in [1.29, 1.82) is 0 Å². The first-order chi connectivity index (χ1) is 13.0. The number of rotatable bonds is 7. The third-order valence-corrected chi connectivity index (χ3v) is 4.35. The Morgan fingerprint density at radius 3 is 2.85 bits per heavy atom. The second-order valence-corrected chi connectivity index (χ2v) is 6.46. The molecule has 1 unspecified atom stereocenters. The van der Waals surface area contributed by atoms with Crippen molar-refractivity contribution in [3.05, 3.63) is 64.8 Å². The molecule has 0 bridgehead atoms. The number of hydrogen-bond acceptors (Lipinski definition) is 5. The second kappa shape index (κ2) is 8.07. The number of carbonyl (C=O) groups is 1. The van der Waals surface area contributed by atoms with Crippen LogP contribution in [-0.4, -0.2) is 20.8 Å². The molecule has 7 nitrogen and oxygen atoms in total. The van der Waals surface area contributed by atoms with Gasteiger partial charge in [0.2, 0.25) is 0 Å². The van der Waals surface area contributed by atoms with Gasteiger partial charge in [0.1, 0.15) is 18.1 Å². The van der Waals surface area contributed by atoms with Gasteiger partial charge in [-0.3, -0.25) is 9.48 Å². The van der Waals surface area contributed by atoms with Crippen LogP contribution in [0.1, 0.15) is 53.0 Å². The van der Waals surface area contributed by atoms with Gasteiger partial charge < -0.3 is 14.6 Å². The van der Waals surface area contributed by atoms with Crippen molar-refractivity contribution in [3.8, 4) is 5.75 Å². The zero-order valence-electron chi connectivity index (χ0n) is 16.0. The van der Waals surface area contributed by atoms with E-state index in [0.29, 0.717) is 11.3 Å². The summed E-state index contributed by atoms with van der Waals surface area (Å²) in [5.74, 6) is 0.990. The van der Waals surface area contributed by atoms with Gasteiger partial charge in [-0.05, 0) is 51.5 Å². The summed E-state index contributed by atoms with van der Waals surface area (Å²) in [4.78, 5) is 12.7. The summed E-state index contributed by atoms with van der Waals surface area (Å²) in [5, 5.41) is 11.3. The maximum Gasteiger partial charge on any atom is 0.274 e. The molecule has 1 amide bonds. The van der Waals surface area contributed by atoms with Gasteiger partial charge in [-0.25, -0.2) is 0 Å². The Labute approximate surface area is 158 Å². The molecule has 3 rings (SSSR count). The van der Waals surface area contributed by atoms with Crippen LogP contribution in [0.4, 0.5) is 0 Å². The maximum absolute atomic E-state index is 12.7. The highest BCUT2D eigenvalue weighted by Crippen LogP contribution is 2.20. The zero-order valence-corrected chi connectivity index (χ0v) is 16.0. The van der Waals surface area contributed by atoms with Crippen molar-refractivity contribution in [2.75, 3.05) is 0 Å². The Morgan fingerprint density at radius 2 is 2.15 bits per heavy atom. The van der Waals surface area contributed by atoms with Crippen molar-refractivity contribution in [1.82, 2.24) is 20.3 Å². The summed E-state index contributed by atoms with van der Waals surface area (Å²) < 4.78 is 12.9. The summed E-state index contributed by atoms with van der Waals surface area (Å²) in [6, 6.07) is 9.39. The van der Waals surface area contributed by atoms with Crippen molar-refractivity contribution in [3.63, 3.8) is 0 Å². The van der Waals surface area contributed by atoms with Gasteiger partial charge in [0.05, 0.1) is 17.3 Å². The Kier molecular flexibility index (Phi) is 5.59. The van der Waals surface area contributed by atoms with E-state index in [4.69, 9.17) is 9.26 Å². The van der Waals surface area contributed by atoms with Crippen LogP contribution in [0.5, 0.6) is 5.75 Å². The molecular formula is C20H24N4O3. The van der Waals surface area contributed by atoms with Gasteiger partial charge in [0.15, 0.2) is 5.69 Å². The molecule has 0 spiro atoms. The average Bonchev–Trinajstić information content (AvgIpc) is 3.26. The largest absolute Gasteiger partial charge is 0.489 e. The Morgan fingerprint density at radius 1 is 1.33 bits per heavy atom. The lowest BCUT2D eigenvalue weighted by atomic mass is 10.1. The molecule has 142 valence electrons. The number of nitrogens with one attached hydrogen (secondary N) is 1. The minimum absolute atomic E-state index is 0.209. The molecule has 27 heavy (non-hydrogen) atoms. The van der Waals surface area contributed by atoms with E-state index >= 15 is 0 Å². The molecule has 2 heterocycles. The summed E-state index contributed by atoms with van der Waals surface area (Å²) in [6.45, 7) is 8.65. The van der Waals surface area contributed by atoms with Crippen LogP contribution in [0, 0.1) is 13.8 Å². The molecule has 2 aromatic heterocycles. The molecule has 7 heteroatoms. The van der Waals surface area contributed by atoms with Gasteiger partial charge in [-0.2, -0.15) is 5.10 Å². The molecule has 0 saturated carbocycles. The minimum Gasteiger partial charge on any atom is -0.489 e. The summed E-state index contributed by atoms with van der Waals surface area (Å²) in [6.07, 6.45) is 1.89. The average molecular weight is 368 g/mol. The van der Waals surface area contributed by atoms with Crippen LogP contribution in [0.15, 0.2) is 41.1 Å². The van der Waals surface area contributed by atoms with Crippen molar-refractivity contribution >= 4 is 5.91 Å². The van der Waals surface area contributed by atoms with E-state index in [2.05, 4.69) is 15.6 Å². The van der Waals surface area contributed by atoms with Crippen LogP contribution in [0.2, 0.25) is 0 Å². The lowest BCUT2D eigenvalue weighted by Crippen LogP contribution is -2.28. The van der Waals surface area contributed by atoms with E-state index in [0.717, 1.165) is 23.6 Å². The summed E-state index contributed by atoms with van der Waals surface area (Å²) >= 11 is 0. The third-order valence-electron chi connectivity index (χ3n) is 4.35. The van der Waals surface area contributed by atoms with Gasteiger partial charge >= 0.3 is 0 Å². The Balaban J connectivity index is 1.70. The molecule has 0 saturated heterocycles. The molecule has 0 radical (unpaired) electrons. The van der Waals surface area contributed by atoms with E-state index < -0.39 is 0 Å². The number of hydrogen-bond donors (Lipinski definition) is 1. The van der Waals surface area contributed by atoms with Crippen LogP contribution < -0.4 is 10.1 Å². The molecule has 0 aliphatic heterocycles. The van der Waals surface area contributed by atoms with Crippen molar-refractivity contribution < 1.29 is 14.1 Å². The molecular weight excluding hydrogens is 344 g/mol. The van der Waals surface area contributed by atoms with Gasteiger partial charge in [0.25, 0.3) is 5.91 Å². The van der Waals surface area contributed by atoms with E-state index in [1.54, 1.807) is 6.92 Å². The van der Waals surface area contributed by atoms with E-state index in [1.807, 2.05) is 62.0 Å². The standard InChI is InChI=1S/C20H24N4O3/c1-5-24-10-9-18(22-24)14(3)21-20(25)19-17(15(4)27-23-19)12-26-16-8-6-7-13(2)11-16/h6-11,14H,5,12H2,1-4H3,(H,21,25).